The lowest BCUT2D eigenvalue weighted by molar-refractivity contribution is 0.122. The lowest BCUT2D eigenvalue weighted by atomic mass is 9.80. The number of nitrogens with zero attached hydrogens (tertiary/aromatic N) is 7. The summed E-state index contributed by atoms with van der Waals surface area (Å²) in [6, 6.07) is 0.287. The van der Waals surface area contributed by atoms with Gasteiger partial charge in [-0.15, -0.1) is 5.10 Å². The number of nitrogens with one attached hydrogen (secondary N) is 2. The number of aryl methyl sites for hydroxylation is 1. The maximum atomic E-state index is 11.9. The summed E-state index contributed by atoms with van der Waals surface area (Å²) < 4.78 is 8.94. The molecule has 0 amide bonds. The van der Waals surface area contributed by atoms with Crippen molar-refractivity contribution in [3.63, 3.8) is 0 Å². The van der Waals surface area contributed by atoms with Crippen LogP contribution in [-0.2, 0) is 18.8 Å². The summed E-state index contributed by atoms with van der Waals surface area (Å²) in [6.07, 6.45) is 3.74. The largest absolute Gasteiger partial charge is 0.378 e. The van der Waals surface area contributed by atoms with Crippen LogP contribution in [-0.4, -0.2) is 66.6 Å². The summed E-state index contributed by atoms with van der Waals surface area (Å²) in [5.74, 6) is 2.97. The average Bonchev–Trinajstić information content (AvgIpc) is 3.21. The first-order valence-electron chi connectivity index (χ1n) is 10.5. The molecule has 1 aliphatic heterocycles. The number of aromatic amines is 1. The van der Waals surface area contributed by atoms with Crippen LogP contribution in [0.25, 0.3) is 22.8 Å². The normalized spacial score (nSPS) is 18.6. The van der Waals surface area contributed by atoms with Crippen molar-refractivity contribution in [2.24, 2.45) is 20.0 Å². The molecule has 2 N–H and O–H groups in total. The van der Waals surface area contributed by atoms with Gasteiger partial charge in [-0.25, -0.2) is 19.9 Å². The van der Waals surface area contributed by atoms with Crippen LogP contribution in [0.3, 0.4) is 0 Å². The molecule has 1 aliphatic carbocycles. The maximum absolute atomic E-state index is 11.9. The minimum absolute atomic E-state index is 0.287. The predicted molar refractivity (Wildman–Crippen MR) is 113 cm³/mol. The van der Waals surface area contributed by atoms with Gasteiger partial charge in [0.1, 0.15) is 5.52 Å². The Morgan fingerprint density at radius 1 is 1.13 bits per heavy atom. The molecule has 1 saturated heterocycles. The molecule has 1 atom stereocenters. The highest BCUT2D eigenvalue weighted by atomic mass is 16.5. The Morgan fingerprint density at radius 2 is 1.90 bits per heavy atom. The molecule has 3 aromatic rings. The molecule has 160 valence electrons. The van der Waals surface area contributed by atoms with Gasteiger partial charge in [-0.3, -0.25) is 4.57 Å². The van der Waals surface area contributed by atoms with E-state index >= 15 is 0 Å². The third-order valence-electron chi connectivity index (χ3n) is 6.30. The highest BCUT2D eigenvalue weighted by Crippen LogP contribution is 2.33. The van der Waals surface area contributed by atoms with Gasteiger partial charge in [-0.1, -0.05) is 6.42 Å². The Hall–Kier alpha value is -2.95. The van der Waals surface area contributed by atoms with Gasteiger partial charge in [-0.05, 0) is 25.7 Å². The monoisotopic (exact) mass is 413 g/mol. The van der Waals surface area contributed by atoms with Crippen molar-refractivity contribution in [2.75, 3.05) is 36.5 Å². The number of H-pyrrole nitrogens is 1. The molecule has 0 bridgehead atoms. The topological polar surface area (TPSA) is 119 Å². The third kappa shape index (κ3) is 3.13. The van der Waals surface area contributed by atoms with Gasteiger partial charge in [0.15, 0.2) is 11.5 Å². The van der Waals surface area contributed by atoms with Crippen molar-refractivity contribution >= 4 is 22.9 Å². The minimum atomic E-state index is -0.305. The van der Waals surface area contributed by atoms with Gasteiger partial charge in [0, 0.05) is 33.2 Å². The first-order valence-corrected chi connectivity index (χ1v) is 10.5. The third-order valence-corrected chi connectivity index (χ3v) is 6.30. The number of imidazole rings is 1. The quantitative estimate of drug-likeness (QED) is 0.633. The van der Waals surface area contributed by atoms with Crippen LogP contribution in [0.2, 0.25) is 0 Å². The Balaban J connectivity index is 1.63. The van der Waals surface area contributed by atoms with Crippen LogP contribution >= 0.6 is 0 Å². The summed E-state index contributed by atoms with van der Waals surface area (Å²) in [6.45, 7) is 5.12. The zero-order chi connectivity index (χ0) is 20.8. The number of fused-ring (bicyclic) bond motifs is 1. The summed E-state index contributed by atoms with van der Waals surface area (Å²) in [5.41, 5.74) is 1.13. The van der Waals surface area contributed by atoms with Crippen LogP contribution in [0.15, 0.2) is 4.79 Å². The fraction of sp³-hybridized carbons (Fsp3) is 0.632. The molecule has 0 radical (unpaired) electrons. The van der Waals surface area contributed by atoms with E-state index in [2.05, 4.69) is 32.3 Å². The van der Waals surface area contributed by atoms with E-state index in [0.29, 0.717) is 36.4 Å². The molecule has 4 heterocycles. The first kappa shape index (κ1) is 19.0. The molecule has 11 heteroatoms. The smallest absolute Gasteiger partial charge is 0.343 e. The lowest BCUT2D eigenvalue weighted by Gasteiger charge is -2.32. The Kier molecular flexibility index (Phi) is 4.69. The van der Waals surface area contributed by atoms with Gasteiger partial charge >= 0.3 is 5.69 Å². The predicted octanol–water partition coefficient (Wildman–Crippen LogP) is 0.889. The molecule has 11 nitrogen and oxygen atoms in total. The summed E-state index contributed by atoms with van der Waals surface area (Å²) >= 11 is 0. The van der Waals surface area contributed by atoms with E-state index in [1.54, 1.807) is 7.05 Å². The number of hydrogen-bond acceptors (Lipinski definition) is 8. The number of morpholine rings is 1. The summed E-state index contributed by atoms with van der Waals surface area (Å²) in [5, 5.41) is 10.2. The standard InChI is InChI=1S/C19H27N9O2/c1-11(12-5-4-6-12)20-14-13-15(22-16(21-14)17-24-25-19(29)27(17)3)23-18(26(13)2)28-7-9-30-10-8-28/h11-12H,4-10H2,1-3H3,(H,25,29)(H,20,21,22). The van der Waals surface area contributed by atoms with Crippen LogP contribution in [0.1, 0.15) is 26.2 Å². The average molecular weight is 413 g/mol. The molecule has 2 fully saturated rings. The van der Waals surface area contributed by atoms with Crippen molar-refractivity contribution in [1.82, 2.24) is 34.3 Å². The van der Waals surface area contributed by atoms with Gasteiger partial charge in [0.25, 0.3) is 0 Å². The molecule has 3 aromatic heterocycles. The number of anilines is 2. The summed E-state index contributed by atoms with van der Waals surface area (Å²) in [7, 11) is 3.64. The van der Waals surface area contributed by atoms with E-state index in [0.717, 1.165) is 30.4 Å². The Morgan fingerprint density at radius 3 is 2.53 bits per heavy atom. The van der Waals surface area contributed by atoms with Gasteiger partial charge in [-0.2, -0.15) is 4.98 Å². The zero-order valence-corrected chi connectivity index (χ0v) is 17.6. The second kappa shape index (κ2) is 7.38. The molecule has 2 aliphatic rings. The molecule has 1 saturated carbocycles. The van der Waals surface area contributed by atoms with E-state index in [1.165, 1.54) is 23.8 Å². The van der Waals surface area contributed by atoms with E-state index in [4.69, 9.17) is 14.7 Å². The van der Waals surface area contributed by atoms with Gasteiger partial charge in [0.05, 0.1) is 13.2 Å². The van der Waals surface area contributed by atoms with Crippen LogP contribution in [0.4, 0.5) is 11.8 Å². The Bertz CT molecular complexity index is 1120. The van der Waals surface area contributed by atoms with Crippen LogP contribution < -0.4 is 15.9 Å². The first-order chi connectivity index (χ1) is 14.5. The maximum Gasteiger partial charge on any atom is 0.343 e. The van der Waals surface area contributed by atoms with Crippen LogP contribution in [0, 0.1) is 5.92 Å². The fourth-order valence-electron chi connectivity index (χ4n) is 4.17. The minimum Gasteiger partial charge on any atom is -0.378 e. The fourth-order valence-corrected chi connectivity index (χ4v) is 4.17. The SMILES string of the molecule is CC(Nc1nc(-c2n[nH]c(=O)n2C)nc2nc(N3CCOCC3)n(C)c12)C1CCC1. The van der Waals surface area contributed by atoms with Crippen molar-refractivity contribution in [3.05, 3.63) is 10.5 Å². The van der Waals surface area contributed by atoms with Crippen molar-refractivity contribution in [3.8, 4) is 11.6 Å². The highest BCUT2D eigenvalue weighted by Gasteiger charge is 2.27. The number of aromatic nitrogens is 7. The number of rotatable bonds is 5. The number of hydrogen-bond donors (Lipinski definition) is 2. The highest BCUT2D eigenvalue weighted by molar-refractivity contribution is 5.87. The zero-order valence-electron chi connectivity index (χ0n) is 17.6. The van der Waals surface area contributed by atoms with E-state index in [-0.39, 0.29) is 11.7 Å². The van der Waals surface area contributed by atoms with Crippen LogP contribution in [0.5, 0.6) is 0 Å². The van der Waals surface area contributed by atoms with Crippen molar-refractivity contribution in [1.29, 1.82) is 0 Å². The van der Waals surface area contributed by atoms with E-state index in [9.17, 15) is 4.79 Å². The molecular weight excluding hydrogens is 386 g/mol. The van der Waals surface area contributed by atoms with E-state index in [1.807, 2.05) is 11.6 Å². The Labute approximate surface area is 173 Å². The lowest BCUT2D eigenvalue weighted by Crippen LogP contribution is -2.37. The summed E-state index contributed by atoms with van der Waals surface area (Å²) in [4.78, 5) is 28.3. The van der Waals surface area contributed by atoms with Crippen molar-refractivity contribution < 1.29 is 4.74 Å². The molecule has 1 unspecified atom stereocenters. The molecule has 0 aromatic carbocycles. The molecule has 5 rings (SSSR count). The molecule has 0 spiro atoms. The second-order valence-electron chi connectivity index (χ2n) is 8.17. The molecular formula is C19H27N9O2. The van der Waals surface area contributed by atoms with Crippen molar-refractivity contribution in [2.45, 2.75) is 32.2 Å². The van der Waals surface area contributed by atoms with Gasteiger partial charge in [0.2, 0.25) is 17.6 Å². The number of ether oxygens (including phenoxy) is 1. The van der Waals surface area contributed by atoms with Gasteiger partial charge < -0.3 is 19.5 Å². The molecule has 30 heavy (non-hydrogen) atoms. The second-order valence-corrected chi connectivity index (χ2v) is 8.17. The van der Waals surface area contributed by atoms with E-state index < -0.39 is 0 Å².